The maximum absolute atomic E-state index is 10.7. The number of aromatic nitrogens is 2. The molecule has 0 fully saturated rings. The van der Waals surface area contributed by atoms with Gasteiger partial charge in [-0.1, -0.05) is 42.5 Å². The van der Waals surface area contributed by atoms with Gasteiger partial charge in [-0.05, 0) is 17.7 Å². The van der Waals surface area contributed by atoms with Gasteiger partial charge in [-0.2, -0.15) is 0 Å². The van der Waals surface area contributed by atoms with E-state index in [1.807, 2.05) is 42.5 Å². The van der Waals surface area contributed by atoms with Crippen molar-refractivity contribution in [1.82, 2.24) is 9.55 Å². The van der Waals surface area contributed by atoms with E-state index in [0.29, 0.717) is 30.2 Å². The molecule has 1 heterocycles. The minimum absolute atomic E-state index is 0.133. The molecule has 6 nitrogen and oxygen atoms in total. The minimum atomic E-state index is -0.718. The van der Waals surface area contributed by atoms with Crippen molar-refractivity contribution in [3.63, 3.8) is 0 Å². The number of methoxy groups -OCH3 is 2. The molecule has 0 aliphatic rings. The predicted octanol–water partition coefficient (Wildman–Crippen LogP) is 4.08. The summed E-state index contributed by atoms with van der Waals surface area (Å²) in [5, 5.41) is 10.7. The molecule has 0 radical (unpaired) electrons. The van der Waals surface area contributed by atoms with Gasteiger partial charge >= 0.3 is 0 Å². The molecule has 0 spiro atoms. The van der Waals surface area contributed by atoms with Crippen LogP contribution in [0.1, 0.15) is 11.4 Å². The van der Waals surface area contributed by atoms with Gasteiger partial charge in [-0.15, -0.1) is 0 Å². The highest BCUT2D eigenvalue weighted by Crippen LogP contribution is 2.27. The van der Waals surface area contributed by atoms with E-state index in [4.69, 9.17) is 19.2 Å². The van der Waals surface area contributed by atoms with Crippen LogP contribution in [0.3, 0.4) is 0 Å². The number of benzene rings is 3. The number of fused-ring (bicyclic) bond motifs is 1. The number of nitrogens with zero attached hydrogens (tertiary/aromatic N) is 2. The van der Waals surface area contributed by atoms with Gasteiger partial charge in [0.25, 0.3) is 0 Å². The van der Waals surface area contributed by atoms with Crippen LogP contribution in [0.15, 0.2) is 72.8 Å². The van der Waals surface area contributed by atoms with E-state index in [9.17, 15) is 5.11 Å². The number of aliphatic hydroxyl groups is 1. The van der Waals surface area contributed by atoms with Crippen molar-refractivity contribution in [2.45, 2.75) is 19.1 Å². The smallest absolute Gasteiger partial charge is 0.126 e. The second-order valence-corrected chi connectivity index (χ2v) is 7.30. The van der Waals surface area contributed by atoms with E-state index in [0.717, 1.165) is 16.9 Å². The number of rotatable bonds is 9. The minimum Gasteiger partial charge on any atom is -0.496 e. The Morgan fingerprint density at radius 2 is 1.52 bits per heavy atom. The lowest BCUT2D eigenvalue weighted by Gasteiger charge is -2.16. The van der Waals surface area contributed by atoms with Gasteiger partial charge in [0.2, 0.25) is 0 Å². The third kappa shape index (κ3) is 4.98. The van der Waals surface area contributed by atoms with Crippen LogP contribution in [-0.2, 0) is 13.0 Å². The Hall–Kier alpha value is -3.51. The van der Waals surface area contributed by atoms with Gasteiger partial charge < -0.3 is 23.9 Å². The van der Waals surface area contributed by atoms with Crippen molar-refractivity contribution in [1.29, 1.82) is 0 Å². The molecule has 31 heavy (non-hydrogen) atoms. The summed E-state index contributed by atoms with van der Waals surface area (Å²) in [7, 11) is 3.18. The Kier molecular flexibility index (Phi) is 6.38. The van der Waals surface area contributed by atoms with Crippen LogP contribution in [0.25, 0.3) is 11.0 Å². The topological polar surface area (TPSA) is 65.7 Å². The molecule has 0 aliphatic heterocycles. The molecule has 0 saturated carbocycles. The zero-order valence-corrected chi connectivity index (χ0v) is 17.7. The molecular weight excluding hydrogens is 392 g/mol. The Balaban J connectivity index is 1.52. The predicted molar refractivity (Wildman–Crippen MR) is 120 cm³/mol. The van der Waals surface area contributed by atoms with Gasteiger partial charge in [0, 0.05) is 24.6 Å². The summed E-state index contributed by atoms with van der Waals surface area (Å²) < 4.78 is 18.5. The van der Waals surface area contributed by atoms with Gasteiger partial charge in [0.1, 0.15) is 35.8 Å². The highest BCUT2D eigenvalue weighted by molar-refractivity contribution is 5.76. The lowest BCUT2D eigenvalue weighted by Crippen LogP contribution is -2.24. The molecule has 1 unspecified atom stereocenters. The molecule has 6 heteroatoms. The molecule has 1 aromatic heterocycles. The molecule has 1 N–H and O–H groups in total. The second-order valence-electron chi connectivity index (χ2n) is 7.30. The van der Waals surface area contributed by atoms with Gasteiger partial charge in [0.05, 0.1) is 31.8 Å². The number of para-hydroxylation sites is 2. The standard InChI is InChI=1S/C25H26N2O4/c1-29-20-13-21(30-2)15-22(14-20)31-17-19(28)16-27-24-11-7-6-10-23(24)26-25(27)12-18-8-4-3-5-9-18/h3-11,13-15,19,28H,12,16-17H2,1-2H3. The fraction of sp³-hybridized carbons (Fsp3) is 0.240. The molecule has 3 aromatic carbocycles. The maximum atomic E-state index is 10.7. The van der Waals surface area contributed by atoms with Crippen molar-refractivity contribution in [3.8, 4) is 17.2 Å². The lowest BCUT2D eigenvalue weighted by molar-refractivity contribution is 0.0925. The SMILES string of the molecule is COc1cc(OC)cc(OCC(O)Cn2c(Cc3ccccc3)nc3ccccc32)c1. The average molecular weight is 418 g/mol. The molecule has 0 amide bonds. The third-order valence-corrected chi connectivity index (χ3v) is 5.10. The van der Waals surface area contributed by atoms with Crippen LogP contribution in [0.5, 0.6) is 17.2 Å². The monoisotopic (exact) mass is 418 g/mol. The molecule has 4 rings (SSSR count). The summed E-state index contributed by atoms with van der Waals surface area (Å²) in [6, 6.07) is 23.5. The van der Waals surface area contributed by atoms with E-state index in [1.165, 1.54) is 5.56 Å². The van der Waals surface area contributed by atoms with Gasteiger partial charge in [0.15, 0.2) is 0 Å². The van der Waals surface area contributed by atoms with E-state index in [1.54, 1.807) is 32.4 Å². The van der Waals surface area contributed by atoms with Crippen LogP contribution in [0.2, 0.25) is 0 Å². The van der Waals surface area contributed by atoms with Crippen LogP contribution < -0.4 is 14.2 Å². The number of hydrogen-bond donors (Lipinski definition) is 1. The fourth-order valence-corrected chi connectivity index (χ4v) is 3.56. The number of aliphatic hydroxyl groups excluding tert-OH is 1. The van der Waals surface area contributed by atoms with Gasteiger partial charge in [-0.3, -0.25) is 0 Å². The first kappa shape index (κ1) is 20.8. The van der Waals surface area contributed by atoms with Gasteiger partial charge in [-0.25, -0.2) is 4.98 Å². The quantitative estimate of drug-likeness (QED) is 0.444. The third-order valence-electron chi connectivity index (χ3n) is 5.10. The zero-order valence-electron chi connectivity index (χ0n) is 17.7. The first-order valence-electron chi connectivity index (χ1n) is 10.2. The molecule has 0 bridgehead atoms. The molecule has 4 aromatic rings. The van der Waals surface area contributed by atoms with Crippen molar-refractivity contribution >= 4 is 11.0 Å². The Morgan fingerprint density at radius 3 is 2.23 bits per heavy atom. The number of imidazole rings is 1. The number of hydrogen-bond acceptors (Lipinski definition) is 5. The number of ether oxygens (including phenoxy) is 3. The molecule has 0 saturated heterocycles. The maximum Gasteiger partial charge on any atom is 0.126 e. The molecule has 0 aliphatic carbocycles. The van der Waals surface area contributed by atoms with E-state index in [2.05, 4.69) is 16.7 Å². The Morgan fingerprint density at radius 1 is 0.871 bits per heavy atom. The van der Waals surface area contributed by atoms with E-state index >= 15 is 0 Å². The summed E-state index contributed by atoms with van der Waals surface area (Å²) in [6.07, 6.45) is -0.0276. The first-order valence-corrected chi connectivity index (χ1v) is 10.2. The molecule has 1 atom stereocenters. The zero-order chi connectivity index (χ0) is 21.6. The Labute approximate surface area is 181 Å². The van der Waals surface area contributed by atoms with Crippen LogP contribution in [-0.4, -0.2) is 41.6 Å². The highest BCUT2D eigenvalue weighted by atomic mass is 16.5. The summed E-state index contributed by atoms with van der Waals surface area (Å²) in [6.45, 7) is 0.511. The van der Waals surface area contributed by atoms with Crippen molar-refractivity contribution < 1.29 is 19.3 Å². The summed E-state index contributed by atoms with van der Waals surface area (Å²) in [4.78, 5) is 4.80. The average Bonchev–Trinajstić information content (AvgIpc) is 3.14. The second kappa shape index (κ2) is 9.53. The van der Waals surface area contributed by atoms with Crippen LogP contribution >= 0.6 is 0 Å². The lowest BCUT2D eigenvalue weighted by atomic mass is 10.1. The molecule has 160 valence electrons. The highest BCUT2D eigenvalue weighted by Gasteiger charge is 2.15. The van der Waals surface area contributed by atoms with Crippen LogP contribution in [0.4, 0.5) is 0 Å². The largest absolute Gasteiger partial charge is 0.496 e. The normalized spacial score (nSPS) is 12.0. The molecular formula is C25H26N2O4. The fourth-order valence-electron chi connectivity index (χ4n) is 3.56. The van der Waals surface area contributed by atoms with Crippen LogP contribution in [0, 0.1) is 0 Å². The summed E-state index contributed by atoms with van der Waals surface area (Å²) in [5.74, 6) is 2.76. The Bertz CT molecular complexity index is 1120. The van der Waals surface area contributed by atoms with E-state index < -0.39 is 6.10 Å². The van der Waals surface area contributed by atoms with Crippen molar-refractivity contribution in [2.75, 3.05) is 20.8 Å². The summed E-state index contributed by atoms with van der Waals surface area (Å²) >= 11 is 0. The van der Waals surface area contributed by atoms with Crippen molar-refractivity contribution in [2.24, 2.45) is 0 Å². The van der Waals surface area contributed by atoms with E-state index in [-0.39, 0.29) is 6.61 Å². The summed E-state index contributed by atoms with van der Waals surface area (Å²) in [5.41, 5.74) is 3.09. The first-order chi connectivity index (χ1) is 15.2. The van der Waals surface area contributed by atoms with Crippen molar-refractivity contribution in [3.05, 3.63) is 84.2 Å².